The van der Waals surface area contributed by atoms with E-state index in [0.717, 1.165) is 0 Å². The summed E-state index contributed by atoms with van der Waals surface area (Å²) >= 11 is 0. The molecule has 1 aliphatic rings. The first-order valence-corrected chi connectivity index (χ1v) is 8.62. The maximum Gasteiger partial charge on any atom is 0.409 e. The molecule has 2 aromatic rings. The Morgan fingerprint density at radius 2 is 1.81 bits per heavy atom. The highest BCUT2D eigenvalue weighted by Crippen LogP contribution is 2.14. The Balaban J connectivity index is 1.56. The van der Waals surface area contributed by atoms with Crippen molar-refractivity contribution in [2.75, 3.05) is 43.0 Å². The van der Waals surface area contributed by atoms with E-state index in [1.165, 1.54) is 36.7 Å². The molecule has 3 rings (SSSR count). The van der Waals surface area contributed by atoms with Gasteiger partial charge in [-0.25, -0.2) is 19.2 Å². The highest BCUT2D eigenvalue weighted by molar-refractivity contribution is 6.02. The lowest BCUT2D eigenvalue weighted by atomic mass is 10.3. The summed E-state index contributed by atoms with van der Waals surface area (Å²) in [4.78, 5) is 36.0. The summed E-state index contributed by atoms with van der Waals surface area (Å²) in [5.41, 5.74) is 0.635. The molecule has 0 bridgehead atoms. The standard InChI is InChI=1S/C18H20FN5O3/c1-2-27-18(26)24-9-7-23(8-10-24)16-12-20-15(11-21-16)17(25)22-14-5-3-13(19)4-6-14/h3-6,11-12H,2,7-10H2,1H3,(H,22,25). The number of benzene rings is 1. The van der Waals surface area contributed by atoms with E-state index in [4.69, 9.17) is 4.74 Å². The second-order valence-electron chi connectivity index (χ2n) is 5.89. The quantitative estimate of drug-likeness (QED) is 0.884. The second kappa shape index (κ2) is 8.43. The number of halogens is 1. The molecule has 1 saturated heterocycles. The summed E-state index contributed by atoms with van der Waals surface area (Å²) in [5, 5.41) is 2.63. The van der Waals surface area contributed by atoms with Crippen LogP contribution in [0, 0.1) is 5.82 Å². The fourth-order valence-electron chi connectivity index (χ4n) is 2.66. The number of anilines is 2. The van der Waals surface area contributed by atoms with E-state index in [1.54, 1.807) is 11.8 Å². The summed E-state index contributed by atoms with van der Waals surface area (Å²) in [5.74, 6) is -0.162. The van der Waals surface area contributed by atoms with Gasteiger partial charge in [-0.3, -0.25) is 4.79 Å². The molecule has 0 unspecified atom stereocenters. The lowest BCUT2D eigenvalue weighted by Gasteiger charge is -2.34. The van der Waals surface area contributed by atoms with E-state index in [-0.39, 0.29) is 17.6 Å². The van der Waals surface area contributed by atoms with Crippen molar-refractivity contribution in [1.29, 1.82) is 0 Å². The average molecular weight is 373 g/mol. The number of nitrogens with zero attached hydrogens (tertiary/aromatic N) is 4. The van der Waals surface area contributed by atoms with Crippen LogP contribution in [0.5, 0.6) is 0 Å². The van der Waals surface area contributed by atoms with Gasteiger partial charge in [0.1, 0.15) is 17.3 Å². The molecule has 8 nitrogen and oxygen atoms in total. The van der Waals surface area contributed by atoms with E-state index in [9.17, 15) is 14.0 Å². The Hall–Kier alpha value is -3.23. The second-order valence-corrected chi connectivity index (χ2v) is 5.89. The lowest BCUT2D eigenvalue weighted by Crippen LogP contribution is -2.49. The summed E-state index contributed by atoms with van der Waals surface area (Å²) in [6, 6.07) is 5.47. The fourth-order valence-corrected chi connectivity index (χ4v) is 2.66. The minimum Gasteiger partial charge on any atom is -0.450 e. The van der Waals surface area contributed by atoms with Crippen LogP contribution < -0.4 is 10.2 Å². The molecule has 2 heterocycles. The molecule has 9 heteroatoms. The van der Waals surface area contributed by atoms with Gasteiger partial charge in [-0.05, 0) is 31.2 Å². The van der Waals surface area contributed by atoms with Crippen molar-refractivity contribution in [1.82, 2.24) is 14.9 Å². The van der Waals surface area contributed by atoms with Gasteiger partial charge in [-0.2, -0.15) is 0 Å². The van der Waals surface area contributed by atoms with E-state index >= 15 is 0 Å². The van der Waals surface area contributed by atoms with Crippen LogP contribution in [0.25, 0.3) is 0 Å². The highest BCUT2D eigenvalue weighted by Gasteiger charge is 2.23. The Labute approximate surface area is 156 Å². The smallest absolute Gasteiger partial charge is 0.409 e. The van der Waals surface area contributed by atoms with Gasteiger partial charge in [0.25, 0.3) is 5.91 Å². The molecule has 1 fully saturated rings. The molecule has 27 heavy (non-hydrogen) atoms. The van der Waals surface area contributed by atoms with Crippen molar-refractivity contribution >= 4 is 23.5 Å². The first-order chi connectivity index (χ1) is 13.1. The lowest BCUT2D eigenvalue weighted by molar-refractivity contribution is 0.101. The third kappa shape index (κ3) is 4.69. The van der Waals surface area contributed by atoms with Crippen LogP contribution in [0.2, 0.25) is 0 Å². The molecule has 0 aliphatic carbocycles. The van der Waals surface area contributed by atoms with Crippen molar-refractivity contribution in [3.8, 4) is 0 Å². The van der Waals surface area contributed by atoms with Crippen molar-refractivity contribution in [3.63, 3.8) is 0 Å². The van der Waals surface area contributed by atoms with Crippen LogP contribution in [0.4, 0.5) is 20.7 Å². The van der Waals surface area contributed by atoms with Gasteiger partial charge in [0.05, 0.1) is 19.0 Å². The first-order valence-electron chi connectivity index (χ1n) is 8.62. The highest BCUT2D eigenvalue weighted by atomic mass is 19.1. The van der Waals surface area contributed by atoms with E-state index < -0.39 is 5.91 Å². The molecule has 0 saturated carbocycles. The number of aromatic nitrogens is 2. The zero-order valence-corrected chi connectivity index (χ0v) is 14.9. The van der Waals surface area contributed by atoms with Gasteiger partial charge in [-0.1, -0.05) is 0 Å². The molecule has 0 spiro atoms. The largest absolute Gasteiger partial charge is 0.450 e. The zero-order valence-electron chi connectivity index (χ0n) is 14.9. The van der Waals surface area contributed by atoms with Gasteiger partial charge < -0.3 is 19.9 Å². The van der Waals surface area contributed by atoms with Crippen molar-refractivity contribution in [3.05, 3.63) is 48.2 Å². The minimum absolute atomic E-state index is 0.160. The monoisotopic (exact) mass is 373 g/mol. The van der Waals surface area contributed by atoms with Crippen LogP contribution in [0.3, 0.4) is 0 Å². The van der Waals surface area contributed by atoms with Gasteiger partial charge in [0.2, 0.25) is 0 Å². The van der Waals surface area contributed by atoms with Gasteiger partial charge in [0, 0.05) is 31.9 Å². The van der Waals surface area contributed by atoms with E-state index in [1.807, 2.05) is 4.90 Å². The first kappa shape index (κ1) is 18.6. The van der Waals surface area contributed by atoms with Crippen molar-refractivity contribution in [2.24, 2.45) is 0 Å². The van der Waals surface area contributed by atoms with Crippen LogP contribution in [-0.4, -0.2) is 59.7 Å². The number of hydrogen-bond donors (Lipinski definition) is 1. The average Bonchev–Trinajstić information content (AvgIpc) is 2.70. The molecular formula is C18H20FN5O3. The zero-order chi connectivity index (χ0) is 19.2. The Morgan fingerprint density at radius 1 is 1.11 bits per heavy atom. The fraction of sp³-hybridized carbons (Fsp3) is 0.333. The summed E-state index contributed by atoms with van der Waals surface area (Å²) in [6.07, 6.45) is 2.61. The van der Waals surface area contributed by atoms with Crippen LogP contribution in [-0.2, 0) is 4.74 Å². The van der Waals surface area contributed by atoms with Gasteiger partial charge in [0.15, 0.2) is 0 Å². The number of carbonyl (C=O) groups excluding carboxylic acids is 2. The van der Waals surface area contributed by atoms with Gasteiger partial charge in [-0.15, -0.1) is 0 Å². The molecule has 2 amide bonds. The number of carbonyl (C=O) groups is 2. The maximum atomic E-state index is 12.9. The predicted octanol–water partition coefficient (Wildman–Crippen LogP) is 2.15. The third-order valence-corrected chi connectivity index (χ3v) is 4.10. The SMILES string of the molecule is CCOC(=O)N1CCN(c2cnc(C(=O)Nc3ccc(F)cc3)cn2)CC1. The predicted molar refractivity (Wildman–Crippen MR) is 97.2 cm³/mol. The Kier molecular flexibility index (Phi) is 5.80. The topological polar surface area (TPSA) is 87.7 Å². The van der Waals surface area contributed by atoms with Crippen molar-refractivity contribution in [2.45, 2.75) is 6.92 Å². The molecule has 1 N–H and O–H groups in total. The summed E-state index contributed by atoms with van der Waals surface area (Å²) in [7, 11) is 0. The Morgan fingerprint density at radius 3 is 2.41 bits per heavy atom. The minimum atomic E-state index is -0.423. The number of ether oxygens (including phenoxy) is 1. The molecule has 1 aliphatic heterocycles. The number of hydrogen-bond acceptors (Lipinski definition) is 6. The van der Waals surface area contributed by atoms with E-state index in [0.29, 0.717) is 44.3 Å². The number of rotatable bonds is 4. The van der Waals surface area contributed by atoms with E-state index in [2.05, 4.69) is 15.3 Å². The number of amides is 2. The number of piperazine rings is 1. The normalized spacial score (nSPS) is 14.0. The molecular weight excluding hydrogens is 353 g/mol. The molecule has 1 aromatic heterocycles. The molecule has 0 atom stereocenters. The summed E-state index contributed by atoms with van der Waals surface area (Å²) in [6.45, 7) is 4.41. The Bertz CT molecular complexity index is 790. The van der Waals surface area contributed by atoms with Crippen LogP contribution in [0.15, 0.2) is 36.7 Å². The molecule has 1 aromatic carbocycles. The third-order valence-electron chi connectivity index (χ3n) is 4.10. The van der Waals surface area contributed by atoms with Crippen LogP contribution in [0.1, 0.15) is 17.4 Å². The summed E-state index contributed by atoms with van der Waals surface area (Å²) < 4.78 is 17.9. The molecule has 142 valence electrons. The van der Waals surface area contributed by atoms with Gasteiger partial charge >= 0.3 is 6.09 Å². The number of nitrogens with one attached hydrogen (secondary N) is 1. The van der Waals surface area contributed by atoms with Crippen LogP contribution >= 0.6 is 0 Å². The molecule has 0 radical (unpaired) electrons. The van der Waals surface area contributed by atoms with Crippen molar-refractivity contribution < 1.29 is 18.7 Å². The maximum absolute atomic E-state index is 12.9.